The van der Waals surface area contributed by atoms with E-state index in [1.54, 1.807) is 0 Å². The van der Waals surface area contributed by atoms with Crippen LogP contribution in [-0.2, 0) is 17.6 Å². The van der Waals surface area contributed by atoms with Crippen molar-refractivity contribution in [2.45, 2.75) is 70.3 Å². The van der Waals surface area contributed by atoms with Crippen LogP contribution in [0.1, 0.15) is 62.6 Å². The molecule has 144 valence electrons. The van der Waals surface area contributed by atoms with Crippen molar-refractivity contribution >= 4 is 17.2 Å². The van der Waals surface area contributed by atoms with Gasteiger partial charge in [0.2, 0.25) is 5.91 Å². The number of carbonyl (C=O) groups is 1. The van der Waals surface area contributed by atoms with Crippen LogP contribution < -0.4 is 10.2 Å². The number of fused-ring (bicyclic) bond motifs is 3. The molecule has 1 saturated carbocycles. The first-order chi connectivity index (χ1) is 13.3. The first-order valence-electron chi connectivity index (χ1n) is 10.7. The molecule has 0 radical (unpaired) electrons. The van der Waals surface area contributed by atoms with Crippen LogP contribution in [0.15, 0.2) is 12.4 Å². The van der Waals surface area contributed by atoms with Crippen LogP contribution in [0, 0.1) is 5.92 Å². The van der Waals surface area contributed by atoms with Crippen molar-refractivity contribution in [3.63, 3.8) is 0 Å². The summed E-state index contributed by atoms with van der Waals surface area (Å²) in [5, 5.41) is 8.10. The van der Waals surface area contributed by atoms with Gasteiger partial charge in [0, 0.05) is 37.1 Å². The zero-order chi connectivity index (χ0) is 18.2. The van der Waals surface area contributed by atoms with Gasteiger partial charge >= 0.3 is 0 Å². The number of aromatic nitrogens is 3. The Labute approximate surface area is 160 Å². The quantitative estimate of drug-likeness (QED) is 0.906. The van der Waals surface area contributed by atoms with E-state index in [1.807, 2.05) is 16.9 Å². The Morgan fingerprint density at radius 1 is 1.07 bits per heavy atom. The minimum atomic E-state index is 0.0696. The molecule has 1 atom stereocenters. The first-order valence-corrected chi connectivity index (χ1v) is 10.7. The zero-order valence-electron chi connectivity index (χ0n) is 16.0. The molecule has 0 unspecified atom stereocenters. The maximum atomic E-state index is 12.8. The van der Waals surface area contributed by atoms with E-state index in [9.17, 15) is 4.79 Å². The molecule has 0 bridgehead atoms. The summed E-state index contributed by atoms with van der Waals surface area (Å²) in [6, 6.07) is 0.399. The van der Waals surface area contributed by atoms with Gasteiger partial charge in [-0.3, -0.25) is 4.79 Å². The second kappa shape index (κ2) is 7.13. The van der Waals surface area contributed by atoms with E-state index in [-0.39, 0.29) is 11.8 Å². The average molecular weight is 367 g/mol. The van der Waals surface area contributed by atoms with Crippen molar-refractivity contribution in [2.75, 3.05) is 18.0 Å². The molecule has 0 spiro atoms. The molecule has 2 aliphatic carbocycles. The molecule has 5 rings (SSSR count). The van der Waals surface area contributed by atoms with Gasteiger partial charge in [-0.25, -0.2) is 9.50 Å². The highest BCUT2D eigenvalue weighted by molar-refractivity contribution is 5.81. The third-order valence-electron chi connectivity index (χ3n) is 6.59. The molecule has 3 heterocycles. The molecular formula is C21H29N5O. The fourth-order valence-corrected chi connectivity index (χ4v) is 5.15. The Kier molecular flexibility index (Phi) is 4.50. The molecular weight excluding hydrogens is 338 g/mol. The fourth-order valence-electron chi connectivity index (χ4n) is 5.15. The van der Waals surface area contributed by atoms with Gasteiger partial charge in [0.25, 0.3) is 0 Å². The summed E-state index contributed by atoms with van der Waals surface area (Å²) in [5.74, 6) is 1.33. The number of nitrogens with one attached hydrogen (secondary N) is 1. The average Bonchev–Trinajstić information content (AvgIpc) is 3.35. The number of amides is 1. The minimum absolute atomic E-state index is 0.0696. The molecule has 1 saturated heterocycles. The van der Waals surface area contributed by atoms with Gasteiger partial charge in [-0.15, -0.1) is 0 Å². The van der Waals surface area contributed by atoms with E-state index in [0.717, 1.165) is 57.4 Å². The van der Waals surface area contributed by atoms with Gasteiger partial charge in [0.15, 0.2) is 5.82 Å². The van der Waals surface area contributed by atoms with E-state index in [1.165, 1.54) is 42.5 Å². The van der Waals surface area contributed by atoms with Gasteiger partial charge in [-0.2, -0.15) is 5.10 Å². The summed E-state index contributed by atoms with van der Waals surface area (Å²) in [6.45, 7) is 1.74. The predicted octanol–water partition coefficient (Wildman–Crippen LogP) is 2.88. The van der Waals surface area contributed by atoms with Crippen molar-refractivity contribution in [2.24, 2.45) is 5.92 Å². The van der Waals surface area contributed by atoms with Crippen molar-refractivity contribution in [3.8, 4) is 0 Å². The molecule has 2 aromatic rings. The van der Waals surface area contributed by atoms with Crippen LogP contribution in [0.3, 0.4) is 0 Å². The van der Waals surface area contributed by atoms with Crippen LogP contribution in [0.2, 0.25) is 0 Å². The van der Waals surface area contributed by atoms with Crippen molar-refractivity contribution in [1.82, 2.24) is 19.9 Å². The van der Waals surface area contributed by atoms with Crippen molar-refractivity contribution in [1.29, 1.82) is 0 Å². The standard InChI is InChI=1S/C21H29N5O/c27-21(23-16-7-1-2-8-16)15-6-5-12-25(14-15)20-19-17-9-3-4-10-18(17)24-26(19)13-11-22-20/h11,13,15-16H,1-10,12,14H2,(H,23,27)/t15-/m1/s1. The van der Waals surface area contributed by atoms with Crippen molar-refractivity contribution in [3.05, 3.63) is 23.7 Å². The number of piperidine rings is 1. The number of hydrogen-bond acceptors (Lipinski definition) is 4. The van der Waals surface area contributed by atoms with E-state index in [2.05, 4.69) is 10.2 Å². The van der Waals surface area contributed by atoms with Gasteiger partial charge in [0.1, 0.15) is 5.52 Å². The fraction of sp³-hybridized carbons (Fsp3) is 0.667. The summed E-state index contributed by atoms with van der Waals surface area (Å²) in [5.41, 5.74) is 3.79. The molecule has 1 N–H and O–H groups in total. The smallest absolute Gasteiger partial charge is 0.225 e. The topological polar surface area (TPSA) is 62.5 Å². The second-order valence-corrected chi connectivity index (χ2v) is 8.45. The first kappa shape index (κ1) is 17.0. The lowest BCUT2D eigenvalue weighted by atomic mass is 9.95. The Balaban J connectivity index is 1.39. The Bertz CT molecular complexity index is 838. The third kappa shape index (κ3) is 3.19. The lowest BCUT2D eigenvalue weighted by molar-refractivity contribution is -0.125. The number of hydrogen-bond donors (Lipinski definition) is 1. The predicted molar refractivity (Wildman–Crippen MR) is 105 cm³/mol. The van der Waals surface area contributed by atoms with E-state index < -0.39 is 0 Å². The number of aryl methyl sites for hydroxylation is 2. The van der Waals surface area contributed by atoms with Gasteiger partial charge < -0.3 is 10.2 Å². The molecule has 3 aliphatic rings. The highest BCUT2D eigenvalue weighted by Gasteiger charge is 2.30. The normalized spacial score (nSPS) is 23.6. The van der Waals surface area contributed by atoms with Crippen LogP contribution >= 0.6 is 0 Å². The number of carbonyl (C=O) groups excluding carboxylic acids is 1. The highest BCUT2D eigenvalue weighted by Crippen LogP contribution is 2.32. The Morgan fingerprint density at radius 3 is 2.81 bits per heavy atom. The summed E-state index contributed by atoms with van der Waals surface area (Å²) in [6.07, 6.45) is 15.3. The minimum Gasteiger partial charge on any atom is -0.354 e. The molecule has 2 aromatic heterocycles. The molecule has 27 heavy (non-hydrogen) atoms. The van der Waals surface area contributed by atoms with E-state index in [0.29, 0.717) is 6.04 Å². The van der Waals surface area contributed by atoms with Crippen LogP contribution in [0.25, 0.3) is 5.52 Å². The Hall–Kier alpha value is -2.11. The zero-order valence-corrected chi connectivity index (χ0v) is 16.0. The van der Waals surface area contributed by atoms with Gasteiger partial charge in [0.05, 0.1) is 11.6 Å². The lowest BCUT2D eigenvalue weighted by Crippen LogP contribution is -2.45. The van der Waals surface area contributed by atoms with Gasteiger partial charge in [-0.1, -0.05) is 12.8 Å². The number of anilines is 1. The lowest BCUT2D eigenvalue weighted by Gasteiger charge is -2.33. The maximum Gasteiger partial charge on any atom is 0.225 e. The molecule has 1 amide bonds. The van der Waals surface area contributed by atoms with E-state index in [4.69, 9.17) is 10.1 Å². The summed E-state index contributed by atoms with van der Waals surface area (Å²) in [7, 11) is 0. The molecule has 6 nitrogen and oxygen atoms in total. The monoisotopic (exact) mass is 367 g/mol. The molecule has 6 heteroatoms. The summed E-state index contributed by atoms with van der Waals surface area (Å²) < 4.78 is 2.01. The van der Waals surface area contributed by atoms with Crippen molar-refractivity contribution < 1.29 is 4.79 Å². The molecule has 1 aliphatic heterocycles. The van der Waals surface area contributed by atoms with Crippen LogP contribution in [0.4, 0.5) is 5.82 Å². The molecule has 2 fully saturated rings. The summed E-state index contributed by atoms with van der Waals surface area (Å²) in [4.78, 5) is 19.9. The number of nitrogens with zero attached hydrogens (tertiary/aromatic N) is 4. The SMILES string of the molecule is O=C(NC1CCCC1)[C@@H]1CCCN(c2nccn3nc4c(c23)CCCC4)C1. The highest BCUT2D eigenvalue weighted by atomic mass is 16.2. The second-order valence-electron chi connectivity index (χ2n) is 8.45. The third-order valence-corrected chi connectivity index (χ3v) is 6.59. The molecule has 0 aromatic carbocycles. The maximum absolute atomic E-state index is 12.8. The van der Waals surface area contributed by atoms with Crippen LogP contribution in [0.5, 0.6) is 0 Å². The largest absolute Gasteiger partial charge is 0.354 e. The van der Waals surface area contributed by atoms with E-state index >= 15 is 0 Å². The number of rotatable bonds is 3. The Morgan fingerprint density at radius 2 is 1.93 bits per heavy atom. The summed E-state index contributed by atoms with van der Waals surface area (Å²) >= 11 is 0. The van der Waals surface area contributed by atoms with Crippen LogP contribution in [-0.4, -0.2) is 39.6 Å². The van der Waals surface area contributed by atoms with Gasteiger partial charge in [-0.05, 0) is 51.4 Å².